The van der Waals surface area contributed by atoms with Crippen LogP contribution >= 0.6 is 15.9 Å². The van der Waals surface area contributed by atoms with Crippen molar-refractivity contribution in [2.75, 3.05) is 5.33 Å². The lowest BCUT2D eigenvalue weighted by atomic mass is 10.3. The number of aliphatic hydroxyl groups is 1. The van der Waals surface area contributed by atoms with E-state index in [1.807, 2.05) is 0 Å². The van der Waals surface area contributed by atoms with Crippen molar-refractivity contribution < 1.29 is 14.6 Å². The highest BCUT2D eigenvalue weighted by molar-refractivity contribution is 9.09. The monoisotopic (exact) mass is 222 g/mol. The summed E-state index contributed by atoms with van der Waals surface area (Å²) in [5, 5.41) is 9.32. The van der Waals surface area contributed by atoms with Gasteiger partial charge in [-0.3, -0.25) is 4.79 Å². The third kappa shape index (κ3) is 2.79. The first-order valence-electron chi connectivity index (χ1n) is 3.66. The fourth-order valence-electron chi connectivity index (χ4n) is 1.24. The molecule has 0 aromatic rings. The van der Waals surface area contributed by atoms with Crippen LogP contribution in [0.2, 0.25) is 0 Å². The highest BCUT2D eigenvalue weighted by Gasteiger charge is 2.25. The van der Waals surface area contributed by atoms with Gasteiger partial charge in [0.25, 0.3) is 0 Å². The van der Waals surface area contributed by atoms with E-state index in [9.17, 15) is 4.79 Å². The van der Waals surface area contributed by atoms with Crippen molar-refractivity contribution in [3.63, 3.8) is 0 Å². The molecule has 0 amide bonds. The van der Waals surface area contributed by atoms with E-state index in [4.69, 9.17) is 9.84 Å². The molecule has 0 radical (unpaired) electrons. The van der Waals surface area contributed by atoms with Gasteiger partial charge < -0.3 is 9.84 Å². The maximum atomic E-state index is 10.7. The molecule has 1 saturated carbocycles. The van der Waals surface area contributed by atoms with Gasteiger partial charge in [0, 0.05) is 6.42 Å². The second-order valence-electron chi connectivity index (χ2n) is 2.71. The quantitative estimate of drug-likeness (QED) is 0.557. The number of halogens is 1. The molecule has 3 nitrogen and oxygen atoms in total. The molecule has 0 spiro atoms. The first kappa shape index (κ1) is 9.00. The number of esters is 1. The van der Waals surface area contributed by atoms with E-state index in [0.717, 1.165) is 12.8 Å². The van der Waals surface area contributed by atoms with Crippen LogP contribution in [0, 0.1) is 0 Å². The molecule has 1 aliphatic rings. The summed E-state index contributed by atoms with van der Waals surface area (Å²) >= 11 is 3.00. The van der Waals surface area contributed by atoms with Gasteiger partial charge in [0.05, 0.1) is 6.10 Å². The van der Waals surface area contributed by atoms with Crippen molar-refractivity contribution in [1.29, 1.82) is 0 Å². The maximum absolute atomic E-state index is 10.7. The number of alkyl halides is 1. The van der Waals surface area contributed by atoms with Gasteiger partial charge in [-0.2, -0.15) is 0 Å². The standard InChI is InChI=1S/C7H11BrO3/c8-4-7(10)11-6-2-1-5(9)3-6/h5-6,9H,1-4H2. The molecule has 0 heterocycles. The minimum atomic E-state index is -0.275. The van der Waals surface area contributed by atoms with Crippen LogP contribution in [0.5, 0.6) is 0 Å². The molecule has 0 saturated heterocycles. The molecule has 1 N–H and O–H groups in total. The van der Waals surface area contributed by atoms with Crippen LogP contribution in [0.3, 0.4) is 0 Å². The van der Waals surface area contributed by atoms with E-state index in [1.165, 1.54) is 0 Å². The fraction of sp³-hybridized carbons (Fsp3) is 0.857. The van der Waals surface area contributed by atoms with Gasteiger partial charge in [0.1, 0.15) is 11.4 Å². The summed E-state index contributed by atoms with van der Waals surface area (Å²) < 4.78 is 4.99. The van der Waals surface area contributed by atoms with Crippen LogP contribution in [-0.4, -0.2) is 28.6 Å². The molecule has 2 unspecified atom stereocenters. The first-order valence-corrected chi connectivity index (χ1v) is 4.78. The van der Waals surface area contributed by atoms with Crippen molar-refractivity contribution >= 4 is 21.9 Å². The Morgan fingerprint density at radius 1 is 1.64 bits per heavy atom. The van der Waals surface area contributed by atoms with Gasteiger partial charge in [-0.1, -0.05) is 15.9 Å². The fourth-order valence-corrected chi connectivity index (χ4v) is 1.37. The van der Waals surface area contributed by atoms with Gasteiger partial charge >= 0.3 is 5.97 Å². The Labute approximate surface area is 73.9 Å². The van der Waals surface area contributed by atoms with Crippen molar-refractivity contribution in [3.05, 3.63) is 0 Å². The largest absolute Gasteiger partial charge is 0.462 e. The highest BCUT2D eigenvalue weighted by atomic mass is 79.9. The molecule has 0 bridgehead atoms. The SMILES string of the molecule is O=C(CBr)OC1CCC(O)C1. The summed E-state index contributed by atoms with van der Waals surface area (Å²) in [6.45, 7) is 0. The Hall–Kier alpha value is -0.0900. The lowest BCUT2D eigenvalue weighted by Gasteiger charge is -2.09. The van der Waals surface area contributed by atoms with Crippen molar-refractivity contribution in [3.8, 4) is 0 Å². The van der Waals surface area contributed by atoms with Gasteiger partial charge in [0.2, 0.25) is 0 Å². The molecule has 0 aromatic heterocycles. The Morgan fingerprint density at radius 3 is 2.82 bits per heavy atom. The minimum Gasteiger partial charge on any atom is -0.462 e. The summed E-state index contributed by atoms with van der Waals surface area (Å²) in [5.74, 6) is -0.246. The summed E-state index contributed by atoms with van der Waals surface area (Å²) in [7, 11) is 0. The zero-order valence-corrected chi connectivity index (χ0v) is 7.71. The molecule has 2 atom stereocenters. The third-order valence-corrected chi connectivity index (χ3v) is 2.22. The Morgan fingerprint density at radius 2 is 2.36 bits per heavy atom. The average Bonchev–Trinajstić information content (AvgIpc) is 2.35. The van der Waals surface area contributed by atoms with E-state index in [1.54, 1.807) is 0 Å². The normalized spacial score (nSPS) is 30.4. The Kier molecular flexibility index (Phi) is 3.33. The molecular formula is C7H11BrO3. The maximum Gasteiger partial charge on any atom is 0.316 e. The molecule has 0 aliphatic heterocycles. The number of carbonyl (C=O) groups excluding carboxylic acids is 1. The van der Waals surface area contributed by atoms with Crippen molar-refractivity contribution in [2.45, 2.75) is 31.5 Å². The lowest BCUT2D eigenvalue weighted by Crippen LogP contribution is -2.16. The second-order valence-corrected chi connectivity index (χ2v) is 3.27. The zero-order valence-electron chi connectivity index (χ0n) is 6.12. The Bertz CT molecular complexity index is 149. The van der Waals surface area contributed by atoms with Crippen LogP contribution in [0.15, 0.2) is 0 Å². The smallest absolute Gasteiger partial charge is 0.316 e. The molecule has 1 aliphatic carbocycles. The van der Waals surface area contributed by atoms with E-state index in [2.05, 4.69) is 15.9 Å². The molecular weight excluding hydrogens is 212 g/mol. The van der Waals surface area contributed by atoms with E-state index in [0.29, 0.717) is 6.42 Å². The molecule has 64 valence electrons. The third-order valence-electron chi connectivity index (χ3n) is 1.76. The zero-order chi connectivity index (χ0) is 8.27. The number of ether oxygens (including phenoxy) is 1. The van der Waals surface area contributed by atoms with Crippen LogP contribution in [0.4, 0.5) is 0 Å². The van der Waals surface area contributed by atoms with Crippen LogP contribution in [-0.2, 0) is 9.53 Å². The van der Waals surface area contributed by atoms with Crippen molar-refractivity contribution in [1.82, 2.24) is 0 Å². The average molecular weight is 223 g/mol. The second kappa shape index (κ2) is 4.07. The highest BCUT2D eigenvalue weighted by Crippen LogP contribution is 2.21. The number of rotatable bonds is 2. The van der Waals surface area contributed by atoms with E-state index < -0.39 is 0 Å². The molecule has 1 rings (SSSR count). The number of carbonyl (C=O) groups is 1. The molecule has 11 heavy (non-hydrogen) atoms. The predicted octanol–water partition coefficient (Wildman–Crippen LogP) is 0.838. The number of aliphatic hydroxyl groups excluding tert-OH is 1. The summed E-state index contributed by atoms with van der Waals surface area (Å²) in [6.07, 6.45) is 1.80. The van der Waals surface area contributed by atoms with Gasteiger partial charge in [-0.25, -0.2) is 0 Å². The molecule has 4 heteroatoms. The van der Waals surface area contributed by atoms with Crippen LogP contribution in [0.25, 0.3) is 0 Å². The summed E-state index contributed by atoms with van der Waals surface area (Å²) in [4.78, 5) is 10.7. The van der Waals surface area contributed by atoms with Crippen LogP contribution < -0.4 is 0 Å². The Balaban J connectivity index is 2.23. The molecule has 1 fully saturated rings. The van der Waals surface area contributed by atoms with Gasteiger partial charge in [-0.05, 0) is 12.8 Å². The van der Waals surface area contributed by atoms with Gasteiger partial charge in [-0.15, -0.1) is 0 Å². The summed E-state index contributed by atoms with van der Waals surface area (Å²) in [5.41, 5.74) is 0. The van der Waals surface area contributed by atoms with E-state index >= 15 is 0 Å². The number of hydrogen-bond donors (Lipinski definition) is 1. The lowest BCUT2D eigenvalue weighted by molar-refractivity contribution is -0.145. The van der Waals surface area contributed by atoms with Crippen LogP contribution in [0.1, 0.15) is 19.3 Å². The van der Waals surface area contributed by atoms with Crippen molar-refractivity contribution in [2.24, 2.45) is 0 Å². The predicted molar refractivity (Wildman–Crippen MR) is 43.5 cm³/mol. The number of hydrogen-bond acceptors (Lipinski definition) is 3. The molecule has 0 aromatic carbocycles. The van der Waals surface area contributed by atoms with E-state index in [-0.39, 0.29) is 23.5 Å². The van der Waals surface area contributed by atoms with Gasteiger partial charge in [0.15, 0.2) is 0 Å². The first-order chi connectivity index (χ1) is 5.22. The summed E-state index contributed by atoms with van der Waals surface area (Å²) in [6, 6.07) is 0. The topological polar surface area (TPSA) is 46.5 Å². The minimum absolute atomic E-state index is 0.0601.